The van der Waals surface area contributed by atoms with Crippen LogP contribution in [-0.4, -0.2) is 48.7 Å². The second-order valence-electron chi connectivity index (χ2n) is 8.23. The summed E-state index contributed by atoms with van der Waals surface area (Å²) < 4.78 is 6.34. The Morgan fingerprint density at radius 3 is 2.68 bits per heavy atom. The second kappa shape index (κ2) is 7.99. The lowest BCUT2D eigenvalue weighted by Gasteiger charge is -2.46. The molecule has 1 atom stereocenters. The fourth-order valence-electron chi connectivity index (χ4n) is 4.77. The molecule has 0 bridgehead atoms. The van der Waals surface area contributed by atoms with E-state index in [1.165, 1.54) is 25.7 Å². The zero-order valence-electron chi connectivity index (χ0n) is 16.8. The maximum absolute atomic E-state index is 6.39. The lowest BCUT2D eigenvalue weighted by molar-refractivity contribution is 0.125. The molecule has 7 heteroatoms. The minimum atomic E-state index is -0.449. The first-order valence-corrected chi connectivity index (χ1v) is 10.5. The Kier molecular flexibility index (Phi) is 5.44. The Morgan fingerprint density at radius 1 is 1.11 bits per heavy atom. The highest BCUT2D eigenvalue weighted by Crippen LogP contribution is 2.42. The van der Waals surface area contributed by atoms with Gasteiger partial charge in [-0.3, -0.25) is 4.90 Å². The van der Waals surface area contributed by atoms with Crippen LogP contribution in [0.5, 0.6) is 5.75 Å². The van der Waals surface area contributed by atoms with E-state index in [9.17, 15) is 0 Å². The Labute approximate surface area is 167 Å². The Bertz CT molecular complexity index is 755. The molecule has 28 heavy (non-hydrogen) atoms. The van der Waals surface area contributed by atoms with Gasteiger partial charge in [-0.15, -0.1) is 0 Å². The number of piperidine rings is 1. The van der Waals surface area contributed by atoms with Crippen LogP contribution in [0.3, 0.4) is 0 Å². The molecule has 1 saturated heterocycles. The fourth-order valence-corrected chi connectivity index (χ4v) is 4.77. The Morgan fingerprint density at radius 2 is 1.89 bits per heavy atom. The maximum Gasteiger partial charge on any atom is 0.220 e. The van der Waals surface area contributed by atoms with Crippen molar-refractivity contribution in [1.29, 1.82) is 0 Å². The number of likely N-dealkylation sites (N-methyl/N-ethyl adjacent to an activating group) is 1. The highest BCUT2D eigenvalue weighted by Gasteiger charge is 2.43. The van der Waals surface area contributed by atoms with Crippen LogP contribution >= 0.6 is 0 Å². The summed E-state index contributed by atoms with van der Waals surface area (Å²) in [5.74, 6) is 1.51. The van der Waals surface area contributed by atoms with Crippen LogP contribution < -0.4 is 21.1 Å². The van der Waals surface area contributed by atoms with Crippen LogP contribution in [-0.2, 0) is 0 Å². The number of rotatable bonds is 4. The van der Waals surface area contributed by atoms with E-state index in [0.29, 0.717) is 18.6 Å². The van der Waals surface area contributed by atoms with E-state index >= 15 is 0 Å². The molecule has 0 radical (unpaired) electrons. The normalized spacial score (nSPS) is 25.3. The van der Waals surface area contributed by atoms with Crippen molar-refractivity contribution in [2.24, 2.45) is 21.5 Å². The molecule has 0 aromatic heterocycles. The van der Waals surface area contributed by atoms with Gasteiger partial charge in [0.15, 0.2) is 0 Å². The topological polar surface area (TPSA) is 92.5 Å². The summed E-state index contributed by atoms with van der Waals surface area (Å²) in [4.78, 5) is 13.5. The summed E-state index contributed by atoms with van der Waals surface area (Å²) in [6.45, 7) is 1.81. The third-order valence-electron chi connectivity index (χ3n) is 6.31. The van der Waals surface area contributed by atoms with Crippen LogP contribution in [0.1, 0.15) is 51.4 Å². The molecule has 2 fully saturated rings. The molecule has 1 aliphatic carbocycles. The van der Waals surface area contributed by atoms with Crippen LogP contribution in [0, 0.1) is 0 Å². The van der Waals surface area contributed by atoms with Gasteiger partial charge >= 0.3 is 0 Å². The zero-order valence-corrected chi connectivity index (χ0v) is 16.8. The molecule has 152 valence electrons. The second-order valence-corrected chi connectivity index (χ2v) is 8.23. The number of nitrogens with two attached hydrogens (primary N) is 2. The van der Waals surface area contributed by atoms with Crippen LogP contribution in [0.2, 0.25) is 0 Å². The van der Waals surface area contributed by atoms with Crippen LogP contribution in [0.15, 0.2) is 34.3 Å². The van der Waals surface area contributed by atoms with E-state index in [2.05, 4.69) is 27.9 Å². The first kappa shape index (κ1) is 19.1. The fraction of sp³-hybridized carbons (Fsp3) is 0.619. The molecule has 1 aromatic rings. The quantitative estimate of drug-likeness (QED) is 0.832. The van der Waals surface area contributed by atoms with E-state index in [4.69, 9.17) is 21.2 Å². The number of hydrogen-bond donors (Lipinski definition) is 2. The smallest absolute Gasteiger partial charge is 0.220 e. The summed E-state index contributed by atoms with van der Waals surface area (Å²) >= 11 is 0. The summed E-state index contributed by atoms with van der Waals surface area (Å²) in [5.41, 5.74) is 12.9. The lowest BCUT2D eigenvalue weighted by Crippen LogP contribution is -2.58. The number of aliphatic imine (C=N–C) groups is 2. The molecule has 1 saturated carbocycles. The number of guanidine groups is 2. The van der Waals surface area contributed by atoms with Gasteiger partial charge in [0.2, 0.25) is 11.9 Å². The number of nitrogens with zero attached hydrogens (tertiary/aromatic N) is 4. The molecule has 4 rings (SSSR count). The predicted octanol–water partition coefficient (Wildman–Crippen LogP) is 2.66. The average Bonchev–Trinajstić information content (AvgIpc) is 2.68. The number of hydrogen-bond acceptors (Lipinski definition) is 7. The number of likely N-dealkylation sites (tertiary alicyclic amines) is 1. The van der Waals surface area contributed by atoms with Gasteiger partial charge in [-0.2, -0.15) is 4.99 Å². The van der Waals surface area contributed by atoms with Crippen molar-refractivity contribution in [2.75, 3.05) is 25.1 Å². The highest BCUT2D eigenvalue weighted by molar-refractivity contribution is 6.06. The van der Waals surface area contributed by atoms with E-state index < -0.39 is 5.66 Å². The minimum absolute atomic E-state index is 0.276. The molecule has 2 heterocycles. The molecular weight excluding hydrogens is 352 g/mol. The van der Waals surface area contributed by atoms with Gasteiger partial charge in [0, 0.05) is 6.04 Å². The van der Waals surface area contributed by atoms with Crippen molar-refractivity contribution in [1.82, 2.24) is 4.90 Å². The minimum Gasteiger partial charge on any atom is -0.490 e. The monoisotopic (exact) mass is 384 g/mol. The van der Waals surface area contributed by atoms with Crippen molar-refractivity contribution in [2.45, 2.75) is 63.1 Å². The lowest BCUT2D eigenvalue weighted by atomic mass is 9.87. The largest absolute Gasteiger partial charge is 0.490 e. The van der Waals surface area contributed by atoms with E-state index in [-0.39, 0.29) is 5.96 Å². The van der Waals surface area contributed by atoms with Gasteiger partial charge in [-0.25, -0.2) is 4.99 Å². The van der Waals surface area contributed by atoms with Gasteiger partial charge < -0.3 is 21.1 Å². The average molecular weight is 385 g/mol. The van der Waals surface area contributed by atoms with E-state index in [1.54, 1.807) is 0 Å². The number of benzene rings is 1. The molecule has 2 aliphatic heterocycles. The molecule has 0 amide bonds. The van der Waals surface area contributed by atoms with Crippen LogP contribution in [0.4, 0.5) is 5.69 Å². The number of anilines is 1. The molecule has 1 unspecified atom stereocenters. The maximum atomic E-state index is 6.39. The molecule has 1 spiro atoms. The third-order valence-corrected chi connectivity index (χ3v) is 6.31. The van der Waals surface area contributed by atoms with Crippen molar-refractivity contribution in [3.05, 3.63) is 24.3 Å². The third kappa shape index (κ3) is 3.68. The Balaban J connectivity index is 1.62. The standard InChI is InChI=1S/C21H32N6O/c1-26-14-8-5-9-16(26)15-28-18-11-4-3-10-17(18)27-20(23)24-19(22)25-21(27)12-6-2-7-13-21/h3-4,10-11,16H,2,5-9,12-15H2,1H3,(H4,22,23,24,25). The number of para-hydroxylation sites is 2. The van der Waals surface area contributed by atoms with Gasteiger partial charge in [0.1, 0.15) is 18.0 Å². The predicted molar refractivity (Wildman–Crippen MR) is 114 cm³/mol. The van der Waals surface area contributed by atoms with Crippen molar-refractivity contribution >= 4 is 17.6 Å². The van der Waals surface area contributed by atoms with Gasteiger partial charge in [0.05, 0.1) is 5.69 Å². The first-order valence-electron chi connectivity index (χ1n) is 10.5. The van der Waals surface area contributed by atoms with Crippen molar-refractivity contribution in [3.8, 4) is 5.75 Å². The van der Waals surface area contributed by atoms with E-state index in [0.717, 1.165) is 43.7 Å². The zero-order chi connectivity index (χ0) is 19.6. The van der Waals surface area contributed by atoms with Gasteiger partial charge in [-0.1, -0.05) is 25.0 Å². The first-order chi connectivity index (χ1) is 13.6. The summed E-state index contributed by atoms with van der Waals surface area (Å²) in [7, 11) is 2.18. The number of ether oxygens (including phenoxy) is 1. The van der Waals surface area contributed by atoms with Crippen molar-refractivity contribution in [3.63, 3.8) is 0 Å². The Hall–Kier alpha value is -2.28. The SMILES string of the molecule is CN1CCCCC1COc1ccccc1N1C(N)=NC(N)=NC12CCCCC2. The van der Waals surface area contributed by atoms with Gasteiger partial charge in [-0.05, 0) is 64.3 Å². The molecule has 4 N–H and O–H groups in total. The van der Waals surface area contributed by atoms with E-state index in [1.807, 2.05) is 18.2 Å². The molecule has 3 aliphatic rings. The van der Waals surface area contributed by atoms with Gasteiger partial charge in [0.25, 0.3) is 0 Å². The molecular formula is C21H32N6O. The summed E-state index contributed by atoms with van der Waals surface area (Å²) in [6, 6.07) is 8.54. The van der Waals surface area contributed by atoms with Crippen LogP contribution in [0.25, 0.3) is 0 Å². The van der Waals surface area contributed by atoms with Crippen molar-refractivity contribution < 1.29 is 4.74 Å². The highest BCUT2D eigenvalue weighted by atomic mass is 16.5. The molecule has 1 aromatic carbocycles. The summed E-state index contributed by atoms with van der Waals surface area (Å²) in [5, 5.41) is 0. The summed E-state index contributed by atoms with van der Waals surface area (Å²) in [6.07, 6.45) is 8.99. The molecule has 7 nitrogen and oxygen atoms in total.